The number of carbonyl (C=O) groups is 1. The summed E-state index contributed by atoms with van der Waals surface area (Å²) in [5.74, 6) is 0.376. The van der Waals surface area contributed by atoms with Crippen LogP contribution in [0.5, 0.6) is 0 Å². The molecule has 0 saturated carbocycles. The van der Waals surface area contributed by atoms with Crippen LogP contribution in [0, 0.1) is 5.92 Å². The number of nitrogens with zero attached hydrogens (tertiary/aromatic N) is 3. The van der Waals surface area contributed by atoms with Gasteiger partial charge in [0.1, 0.15) is 0 Å². The van der Waals surface area contributed by atoms with Crippen molar-refractivity contribution in [2.45, 2.75) is 19.4 Å². The summed E-state index contributed by atoms with van der Waals surface area (Å²) in [5, 5.41) is 7.37. The van der Waals surface area contributed by atoms with Gasteiger partial charge in [0.05, 0.1) is 18.0 Å². The molecule has 2 atom stereocenters. The third-order valence-electron chi connectivity index (χ3n) is 3.09. The number of carbonyl (C=O) groups excluding carboxylic acids is 1. The first kappa shape index (κ1) is 11.0. The molecule has 0 bridgehead atoms. The Morgan fingerprint density at radius 1 is 1.56 bits per heavy atom. The number of amides is 1. The lowest BCUT2D eigenvalue weighted by molar-refractivity contribution is 0.0663. The normalized spacial score (nSPS) is 25.5. The second-order valence-electron chi connectivity index (χ2n) is 4.31. The Morgan fingerprint density at radius 3 is 3.00 bits per heavy atom. The number of hydrogen-bond acceptors (Lipinski definition) is 4. The largest absolute Gasteiger partial charge is 0.338 e. The van der Waals surface area contributed by atoms with E-state index in [9.17, 15) is 4.79 Å². The molecule has 0 aliphatic carbocycles. The average molecular weight is 220 g/mol. The van der Waals surface area contributed by atoms with Gasteiger partial charge in [0.25, 0.3) is 5.91 Å². The number of nitrogens with two attached hydrogens (primary N) is 1. The van der Waals surface area contributed by atoms with Crippen molar-refractivity contribution in [3.63, 3.8) is 0 Å². The second-order valence-corrected chi connectivity index (χ2v) is 4.31. The lowest BCUT2D eigenvalue weighted by atomic mass is 9.94. The van der Waals surface area contributed by atoms with Crippen molar-refractivity contribution in [1.29, 1.82) is 0 Å². The zero-order chi connectivity index (χ0) is 11.5. The van der Waals surface area contributed by atoms with Gasteiger partial charge in [-0.25, -0.2) is 0 Å². The van der Waals surface area contributed by atoms with Crippen molar-refractivity contribution >= 4 is 5.91 Å². The van der Waals surface area contributed by atoms with Gasteiger partial charge in [-0.1, -0.05) is 6.92 Å². The predicted molar refractivity (Wildman–Crippen MR) is 59.7 cm³/mol. The van der Waals surface area contributed by atoms with Gasteiger partial charge in [-0.3, -0.25) is 4.79 Å². The average Bonchev–Trinajstić information content (AvgIpc) is 2.33. The summed E-state index contributed by atoms with van der Waals surface area (Å²) < 4.78 is 0. The van der Waals surface area contributed by atoms with Crippen LogP contribution in [0.1, 0.15) is 23.7 Å². The van der Waals surface area contributed by atoms with Crippen LogP contribution < -0.4 is 5.73 Å². The molecular weight excluding hydrogens is 204 g/mol. The zero-order valence-corrected chi connectivity index (χ0v) is 9.34. The fourth-order valence-corrected chi connectivity index (χ4v) is 1.95. The van der Waals surface area contributed by atoms with Gasteiger partial charge in [-0.15, -0.1) is 0 Å². The molecule has 16 heavy (non-hydrogen) atoms. The Kier molecular flexibility index (Phi) is 3.14. The molecule has 1 saturated heterocycles. The predicted octanol–water partition coefficient (Wildman–Crippen LogP) is 0.286. The first-order valence-corrected chi connectivity index (χ1v) is 5.50. The van der Waals surface area contributed by atoms with E-state index in [0.29, 0.717) is 11.5 Å². The van der Waals surface area contributed by atoms with Crippen LogP contribution in [0.4, 0.5) is 0 Å². The summed E-state index contributed by atoms with van der Waals surface area (Å²) in [6.45, 7) is 3.53. The molecule has 5 heteroatoms. The van der Waals surface area contributed by atoms with Crippen molar-refractivity contribution in [2.75, 3.05) is 13.1 Å². The number of hydrogen-bond donors (Lipinski definition) is 1. The Balaban J connectivity index is 2.06. The first-order valence-electron chi connectivity index (χ1n) is 5.50. The fourth-order valence-electron chi connectivity index (χ4n) is 1.95. The van der Waals surface area contributed by atoms with Crippen molar-refractivity contribution < 1.29 is 4.79 Å². The van der Waals surface area contributed by atoms with Crippen LogP contribution in [0.15, 0.2) is 18.5 Å². The smallest absolute Gasteiger partial charge is 0.255 e. The minimum atomic E-state index is 0.0219. The number of likely N-dealkylation sites (tertiary alicyclic amines) is 1. The molecule has 5 nitrogen and oxygen atoms in total. The molecular formula is C11H16N4O. The Labute approximate surface area is 94.6 Å². The zero-order valence-electron chi connectivity index (χ0n) is 9.34. The minimum Gasteiger partial charge on any atom is -0.338 e. The maximum absolute atomic E-state index is 12.1. The van der Waals surface area contributed by atoms with Gasteiger partial charge < -0.3 is 10.6 Å². The van der Waals surface area contributed by atoms with Crippen molar-refractivity contribution in [1.82, 2.24) is 15.1 Å². The summed E-state index contributed by atoms with van der Waals surface area (Å²) in [6.07, 6.45) is 3.90. The van der Waals surface area contributed by atoms with Gasteiger partial charge in [0, 0.05) is 19.1 Å². The van der Waals surface area contributed by atoms with Gasteiger partial charge in [0.2, 0.25) is 0 Å². The van der Waals surface area contributed by atoms with Crippen LogP contribution in [0.3, 0.4) is 0 Å². The van der Waals surface area contributed by atoms with E-state index < -0.39 is 0 Å². The van der Waals surface area contributed by atoms with E-state index in [0.717, 1.165) is 19.5 Å². The fraction of sp³-hybridized carbons (Fsp3) is 0.545. The maximum Gasteiger partial charge on any atom is 0.255 e. The van der Waals surface area contributed by atoms with Crippen LogP contribution in [-0.2, 0) is 0 Å². The Hall–Kier alpha value is -1.49. The van der Waals surface area contributed by atoms with Gasteiger partial charge in [-0.05, 0) is 18.4 Å². The maximum atomic E-state index is 12.1. The molecule has 2 unspecified atom stereocenters. The molecule has 2 N–H and O–H groups in total. The van der Waals surface area contributed by atoms with E-state index in [1.807, 2.05) is 4.90 Å². The molecule has 1 aromatic rings. The van der Waals surface area contributed by atoms with Crippen LogP contribution in [-0.4, -0.2) is 40.1 Å². The van der Waals surface area contributed by atoms with Crippen molar-refractivity contribution in [3.05, 3.63) is 24.0 Å². The van der Waals surface area contributed by atoms with Crippen molar-refractivity contribution in [3.8, 4) is 0 Å². The van der Waals surface area contributed by atoms with Crippen molar-refractivity contribution in [2.24, 2.45) is 11.7 Å². The number of aromatic nitrogens is 2. The van der Waals surface area contributed by atoms with E-state index in [4.69, 9.17) is 5.73 Å². The Morgan fingerprint density at radius 2 is 2.38 bits per heavy atom. The van der Waals surface area contributed by atoms with E-state index in [-0.39, 0.29) is 11.9 Å². The molecule has 1 aromatic heterocycles. The summed E-state index contributed by atoms with van der Waals surface area (Å²) in [5.41, 5.74) is 6.51. The molecule has 86 valence electrons. The summed E-state index contributed by atoms with van der Waals surface area (Å²) in [7, 11) is 0. The molecule has 1 fully saturated rings. The van der Waals surface area contributed by atoms with Crippen LogP contribution in [0.25, 0.3) is 0 Å². The standard InChI is InChI=1S/C11H16N4O/c1-8-7-15(5-3-10(8)12)11(16)9-2-4-13-14-6-9/h2,4,6,8,10H,3,5,7,12H2,1H3. The Bertz CT molecular complexity index is 368. The molecule has 0 radical (unpaired) electrons. The number of rotatable bonds is 1. The molecule has 0 spiro atoms. The monoisotopic (exact) mass is 220 g/mol. The minimum absolute atomic E-state index is 0.0219. The van der Waals surface area contributed by atoms with E-state index in [1.165, 1.54) is 12.4 Å². The number of piperidine rings is 1. The third-order valence-corrected chi connectivity index (χ3v) is 3.09. The summed E-state index contributed by atoms with van der Waals surface area (Å²) >= 11 is 0. The molecule has 0 aromatic carbocycles. The molecule has 2 rings (SSSR count). The molecule has 1 aliphatic heterocycles. The van der Waals surface area contributed by atoms with Crippen LogP contribution >= 0.6 is 0 Å². The second kappa shape index (κ2) is 4.57. The lowest BCUT2D eigenvalue weighted by Gasteiger charge is -2.35. The summed E-state index contributed by atoms with van der Waals surface area (Å²) in [6, 6.07) is 1.90. The SMILES string of the molecule is CC1CN(C(=O)c2ccnnc2)CCC1N. The van der Waals surface area contributed by atoms with Gasteiger partial charge in [-0.2, -0.15) is 10.2 Å². The van der Waals surface area contributed by atoms with E-state index in [2.05, 4.69) is 17.1 Å². The lowest BCUT2D eigenvalue weighted by Crippen LogP contribution is -2.48. The highest BCUT2D eigenvalue weighted by Gasteiger charge is 2.26. The van der Waals surface area contributed by atoms with E-state index >= 15 is 0 Å². The highest BCUT2D eigenvalue weighted by atomic mass is 16.2. The highest BCUT2D eigenvalue weighted by Crippen LogP contribution is 2.16. The van der Waals surface area contributed by atoms with Crippen LogP contribution in [0.2, 0.25) is 0 Å². The topological polar surface area (TPSA) is 72.1 Å². The first-order chi connectivity index (χ1) is 7.68. The highest BCUT2D eigenvalue weighted by molar-refractivity contribution is 5.93. The summed E-state index contributed by atoms with van der Waals surface area (Å²) in [4.78, 5) is 13.9. The third kappa shape index (κ3) is 2.19. The molecule has 1 amide bonds. The molecule has 1 aliphatic rings. The molecule has 2 heterocycles. The quantitative estimate of drug-likeness (QED) is 0.738. The van der Waals surface area contributed by atoms with Gasteiger partial charge in [0.15, 0.2) is 0 Å². The van der Waals surface area contributed by atoms with E-state index in [1.54, 1.807) is 6.07 Å². The van der Waals surface area contributed by atoms with Gasteiger partial charge >= 0.3 is 0 Å².